The van der Waals surface area contributed by atoms with Gasteiger partial charge in [-0.15, -0.1) is 0 Å². The topological polar surface area (TPSA) is 30.5 Å². The van der Waals surface area contributed by atoms with E-state index in [0.717, 1.165) is 31.7 Å². The van der Waals surface area contributed by atoms with E-state index >= 15 is 0 Å². The Morgan fingerprint density at radius 1 is 1.40 bits per heavy atom. The Labute approximate surface area is 122 Å². The molecule has 2 atom stereocenters. The molecule has 0 radical (unpaired) electrons. The molecule has 1 N–H and O–H groups in total. The second kappa shape index (κ2) is 7.09. The van der Waals surface area contributed by atoms with Gasteiger partial charge in [-0.05, 0) is 56.8 Å². The molecule has 0 amide bonds. The van der Waals surface area contributed by atoms with E-state index in [1.54, 1.807) is 7.11 Å². The molecule has 3 nitrogen and oxygen atoms in total. The van der Waals surface area contributed by atoms with Gasteiger partial charge in [-0.2, -0.15) is 0 Å². The molecule has 1 aliphatic rings. The van der Waals surface area contributed by atoms with E-state index in [9.17, 15) is 0 Å². The minimum absolute atomic E-state index is 0.0582. The van der Waals surface area contributed by atoms with Gasteiger partial charge in [0.05, 0.1) is 12.7 Å². The minimum Gasteiger partial charge on any atom is -0.497 e. The Morgan fingerprint density at radius 3 is 2.90 bits per heavy atom. The van der Waals surface area contributed by atoms with E-state index < -0.39 is 0 Å². The van der Waals surface area contributed by atoms with Crippen molar-refractivity contribution < 1.29 is 9.47 Å². The summed E-state index contributed by atoms with van der Waals surface area (Å²) in [7, 11) is 1.71. The molecule has 1 aliphatic heterocycles. The minimum atomic E-state index is -0.0582. The second-order valence-electron chi connectivity index (χ2n) is 5.78. The van der Waals surface area contributed by atoms with Crippen molar-refractivity contribution in [1.82, 2.24) is 5.32 Å². The van der Waals surface area contributed by atoms with Gasteiger partial charge in [-0.1, -0.05) is 19.1 Å². The number of benzene rings is 1. The average Bonchev–Trinajstić information content (AvgIpc) is 2.48. The lowest BCUT2D eigenvalue weighted by molar-refractivity contribution is -0.0881. The fourth-order valence-corrected chi connectivity index (χ4v) is 3.02. The lowest BCUT2D eigenvalue weighted by atomic mass is 9.84. The maximum atomic E-state index is 6.12. The highest BCUT2D eigenvalue weighted by Crippen LogP contribution is 2.30. The van der Waals surface area contributed by atoms with Crippen molar-refractivity contribution in [3.8, 4) is 5.75 Å². The van der Waals surface area contributed by atoms with Crippen molar-refractivity contribution in [1.29, 1.82) is 0 Å². The molecule has 1 fully saturated rings. The Kier molecular flexibility index (Phi) is 5.44. The number of nitrogens with one attached hydrogen (secondary N) is 1. The van der Waals surface area contributed by atoms with Crippen LogP contribution in [0.3, 0.4) is 0 Å². The van der Waals surface area contributed by atoms with Crippen LogP contribution in [-0.4, -0.2) is 31.9 Å². The summed E-state index contributed by atoms with van der Waals surface area (Å²) in [6.07, 6.45) is 4.56. The number of likely N-dealkylation sites (N-methyl/N-ethyl adjacent to an activating group) is 1. The Bertz CT molecular complexity index is 413. The molecule has 0 bridgehead atoms. The standard InChI is InChI=1S/C17H27NO2/c1-4-18-16(17(2)10-5-6-11-20-17)13-14-8-7-9-15(12-14)19-3/h7-9,12,16,18H,4-6,10-11,13H2,1-3H3. The average molecular weight is 277 g/mol. The van der Waals surface area contributed by atoms with Crippen molar-refractivity contribution in [2.24, 2.45) is 0 Å². The number of rotatable bonds is 6. The zero-order valence-corrected chi connectivity index (χ0v) is 12.9. The first-order valence-corrected chi connectivity index (χ1v) is 7.68. The van der Waals surface area contributed by atoms with Crippen LogP contribution in [0.2, 0.25) is 0 Å². The van der Waals surface area contributed by atoms with E-state index in [-0.39, 0.29) is 5.60 Å². The van der Waals surface area contributed by atoms with E-state index in [4.69, 9.17) is 9.47 Å². The normalized spacial score (nSPS) is 24.4. The highest BCUT2D eigenvalue weighted by molar-refractivity contribution is 5.29. The summed E-state index contributed by atoms with van der Waals surface area (Å²) in [5.74, 6) is 0.924. The zero-order valence-electron chi connectivity index (χ0n) is 12.9. The summed E-state index contributed by atoms with van der Waals surface area (Å²) in [4.78, 5) is 0. The van der Waals surface area contributed by atoms with E-state index in [1.165, 1.54) is 18.4 Å². The molecule has 0 saturated carbocycles. The number of methoxy groups -OCH3 is 1. The van der Waals surface area contributed by atoms with Crippen molar-refractivity contribution in [3.05, 3.63) is 29.8 Å². The van der Waals surface area contributed by atoms with E-state index in [0.29, 0.717) is 6.04 Å². The molecule has 112 valence electrons. The molecule has 3 heteroatoms. The third-order valence-electron chi connectivity index (χ3n) is 4.26. The van der Waals surface area contributed by atoms with Crippen LogP contribution in [0, 0.1) is 0 Å². The SMILES string of the molecule is CCNC(Cc1cccc(OC)c1)C1(C)CCCCO1. The molecular formula is C17H27NO2. The fraction of sp³-hybridized carbons (Fsp3) is 0.647. The molecule has 2 rings (SSSR count). The zero-order chi connectivity index (χ0) is 14.4. The van der Waals surface area contributed by atoms with Gasteiger partial charge in [-0.3, -0.25) is 0 Å². The van der Waals surface area contributed by atoms with Crippen LogP contribution >= 0.6 is 0 Å². The molecule has 20 heavy (non-hydrogen) atoms. The first kappa shape index (κ1) is 15.3. The molecule has 1 heterocycles. The van der Waals surface area contributed by atoms with Crippen LogP contribution in [0.4, 0.5) is 0 Å². The number of hydrogen-bond acceptors (Lipinski definition) is 3. The van der Waals surface area contributed by atoms with Crippen LogP contribution in [0.5, 0.6) is 5.75 Å². The molecule has 0 spiro atoms. The van der Waals surface area contributed by atoms with Crippen LogP contribution < -0.4 is 10.1 Å². The molecule has 2 unspecified atom stereocenters. The summed E-state index contributed by atoms with van der Waals surface area (Å²) in [6, 6.07) is 8.68. The highest BCUT2D eigenvalue weighted by Gasteiger charge is 2.36. The summed E-state index contributed by atoms with van der Waals surface area (Å²) in [5, 5.41) is 3.61. The number of hydrogen-bond donors (Lipinski definition) is 1. The van der Waals surface area contributed by atoms with Gasteiger partial charge in [0.25, 0.3) is 0 Å². The Balaban J connectivity index is 2.11. The van der Waals surface area contributed by atoms with Crippen LogP contribution in [-0.2, 0) is 11.2 Å². The van der Waals surface area contributed by atoms with Crippen LogP contribution in [0.25, 0.3) is 0 Å². The Morgan fingerprint density at radius 2 is 2.25 bits per heavy atom. The third kappa shape index (κ3) is 3.74. The fourth-order valence-electron chi connectivity index (χ4n) is 3.02. The quantitative estimate of drug-likeness (QED) is 0.866. The van der Waals surface area contributed by atoms with Gasteiger partial charge < -0.3 is 14.8 Å². The van der Waals surface area contributed by atoms with E-state index in [1.807, 2.05) is 6.07 Å². The van der Waals surface area contributed by atoms with Crippen LogP contribution in [0.1, 0.15) is 38.7 Å². The smallest absolute Gasteiger partial charge is 0.119 e. The summed E-state index contributed by atoms with van der Waals surface area (Å²) in [6.45, 7) is 6.26. The van der Waals surface area contributed by atoms with Crippen molar-refractivity contribution in [2.45, 2.75) is 51.2 Å². The van der Waals surface area contributed by atoms with Crippen molar-refractivity contribution in [3.63, 3.8) is 0 Å². The molecule has 0 aromatic heterocycles. The molecule has 1 aromatic carbocycles. The summed E-state index contributed by atoms with van der Waals surface area (Å²) < 4.78 is 11.4. The Hall–Kier alpha value is -1.06. The lowest BCUT2D eigenvalue weighted by Crippen LogP contribution is -2.53. The van der Waals surface area contributed by atoms with Crippen molar-refractivity contribution >= 4 is 0 Å². The largest absolute Gasteiger partial charge is 0.497 e. The molecule has 0 aliphatic carbocycles. The highest BCUT2D eigenvalue weighted by atomic mass is 16.5. The maximum Gasteiger partial charge on any atom is 0.119 e. The first-order valence-electron chi connectivity index (χ1n) is 7.68. The second-order valence-corrected chi connectivity index (χ2v) is 5.78. The predicted molar refractivity (Wildman–Crippen MR) is 82.4 cm³/mol. The predicted octanol–water partition coefficient (Wildman–Crippen LogP) is 3.18. The van der Waals surface area contributed by atoms with Gasteiger partial charge in [0.1, 0.15) is 5.75 Å². The summed E-state index contributed by atoms with van der Waals surface area (Å²) in [5.41, 5.74) is 1.24. The monoisotopic (exact) mass is 277 g/mol. The van der Waals surface area contributed by atoms with Gasteiger partial charge in [0, 0.05) is 12.6 Å². The van der Waals surface area contributed by atoms with Gasteiger partial charge in [0.2, 0.25) is 0 Å². The van der Waals surface area contributed by atoms with Gasteiger partial charge in [0.15, 0.2) is 0 Å². The van der Waals surface area contributed by atoms with E-state index in [2.05, 4.69) is 37.4 Å². The van der Waals surface area contributed by atoms with Crippen LogP contribution in [0.15, 0.2) is 24.3 Å². The van der Waals surface area contributed by atoms with Gasteiger partial charge >= 0.3 is 0 Å². The maximum absolute atomic E-state index is 6.12. The summed E-state index contributed by atoms with van der Waals surface area (Å²) >= 11 is 0. The molecule has 1 aromatic rings. The number of ether oxygens (including phenoxy) is 2. The lowest BCUT2D eigenvalue weighted by Gasteiger charge is -2.41. The molecule has 1 saturated heterocycles. The van der Waals surface area contributed by atoms with Crippen molar-refractivity contribution in [2.75, 3.05) is 20.3 Å². The van der Waals surface area contributed by atoms with Gasteiger partial charge in [-0.25, -0.2) is 0 Å². The first-order chi connectivity index (χ1) is 9.68. The molecular weight excluding hydrogens is 250 g/mol. The third-order valence-corrected chi connectivity index (χ3v) is 4.26.